The predicted molar refractivity (Wildman–Crippen MR) is 325 cm³/mol. The van der Waals surface area contributed by atoms with Gasteiger partial charge in [-0.15, -0.1) is 0 Å². The van der Waals surface area contributed by atoms with Crippen molar-refractivity contribution >= 4 is 5.91 Å². The van der Waals surface area contributed by atoms with E-state index in [-0.39, 0.29) is 0 Å². The zero-order chi connectivity index (χ0) is 53.7. The van der Waals surface area contributed by atoms with Gasteiger partial charge in [-0.1, -0.05) is 306 Å². The highest BCUT2D eigenvalue weighted by Crippen LogP contribution is 2.18. The van der Waals surface area contributed by atoms with Crippen molar-refractivity contribution in [2.75, 3.05) is 6.61 Å². The van der Waals surface area contributed by atoms with Gasteiger partial charge in [-0.2, -0.15) is 0 Å². The van der Waals surface area contributed by atoms with Crippen molar-refractivity contribution in [2.24, 2.45) is 0 Å². The van der Waals surface area contributed by atoms with Crippen LogP contribution in [0.2, 0.25) is 0 Å². The Kier molecular flexibility index (Phi) is 60.7. The first-order valence-corrected chi connectivity index (χ1v) is 33.0. The highest BCUT2D eigenvalue weighted by Gasteiger charge is 2.28. The highest BCUT2D eigenvalue weighted by molar-refractivity contribution is 5.80. The minimum Gasteiger partial charge on any atom is -0.394 e. The number of unbranched alkanes of at least 4 members (excludes halogenated alkanes) is 44. The molecule has 1 amide bonds. The first kappa shape index (κ1) is 72.3. The Balaban J connectivity index is 3.63. The third-order valence-electron chi connectivity index (χ3n) is 15.5. The summed E-state index contributed by atoms with van der Waals surface area (Å²) in [4.78, 5) is 12.6. The number of aliphatic hydroxyl groups is 4. The van der Waals surface area contributed by atoms with Gasteiger partial charge in [0.1, 0.15) is 12.2 Å². The number of aliphatic hydroxyl groups excluding tert-OH is 4. The van der Waals surface area contributed by atoms with Crippen LogP contribution in [0.25, 0.3) is 0 Å². The number of hydrogen-bond acceptors (Lipinski definition) is 5. The smallest absolute Gasteiger partial charge is 0.249 e. The van der Waals surface area contributed by atoms with E-state index in [0.717, 1.165) is 51.4 Å². The maximum absolute atomic E-state index is 12.6. The molecule has 0 heterocycles. The quantitative estimate of drug-likeness (QED) is 0.0308. The number of carbonyl (C=O) groups is 1. The van der Waals surface area contributed by atoms with E-state index < -0.39 is 36.9 Å². The average molecular weight is 1040 g/mol. The predicted octanol–water partition coefficient (Wildman–Crippen LogP) is 20.1. The Hall–Kier alpha value is -1.73. The van der Waals surface area contributed by atoms with Gasteiger partial charge in [0.05, 0.1) is 18.8 Å². The second kappa shape index (κ2) is 62.1. The lowest BCUT2D eigenvalue weighted by Crippen LogP contribution is -2.53. The SMILES string of the molecule is CCCCCCCCCCCCCC/C=C\CCCCCCCCCCCCCCCCCC(O)C(=O)NC(CO)C(O)C(O)CCC/C=C/CC/C=C/CC/C=C/CCCCCCCCCCCCCCCC. The van der Waals surface area contributed by atoms with Gasteiger partial charge >= 0.3 is 0 Å². The molecule has 0 aromatic rings. The Morgan fingerprint density at radius 3 is 0.851 bits per heavy atom. The van der Waals surface area contributed by atoms with Gasteiger partial charge in [0.25, 0.3) is 0 Å². The van der Waals surface area contributed by atoms with Crippen LogP contribution in [0, 0.1) is 0 Å². The molecule has 0 aliphatic heterocycles. The lowest BCUT2D eigenvalue weighted by atomic mass is 10.00. The van der Waals surface area contributed by atoms with E-state index >= 15 is 0 Å². The molecule has 0 aromatic heterocycles. The van der Waals surface area contributed by atoms with Gasteiger partial charge in [0, 0.05) is 0 Å². The average Bonchev–Trinajstić information content (AvgIpc) is 3.41. The van der Waals surface area contributed by atoms with Crippen molar-refractivity contribution in [2.45, 2.75) is 372 Å². The lowest BCUT2D eigenvalue weighted by molar-refractivity contribution is -0.132. The second-order valence-electron chi connectivity index (χ2n) is 22.8. The fourth-order valence-electron chi connectivity index (χ4n) is 10.3. The van der Waals surface area contributed by atoms with Crippen LogP contribution < -0.4 is 5.32 Å². The lowest BCUT2D eigenvalue weighted by Gasteiger charge is -2.27. The molecule has 0 aromatic carbocycles. The number of nitrogens with one attached hydrogen (secondary N) is 1. The molecule has 0 aliphatic carbocycles. The molecule has 4 unspecified atom stereocenters. The summed E-state index contributed by atoms with van der Waals surface area (Å²) in [5.41, 5.74) is 0. The van der Waals surface area contributed by atoms with Crippen LogP contribution in [0.5, 0.6) is 0 Å². The van der Waals surface area contributed by atoms with Crippen LogP contribution >= 0.6 is 0 Å². The summed E-state index contributed by atoms with van der Waals surface area (Å²) in [6, 6.07) is -1.01. The van der Waals surface area contributed by atoms with Crippen LogP contribution in [-0.4, -0.2) is 57.3 Å². The van der Waals surface area contributed by atoms with E-state index in [2.05, 4.69) is 67.8 Å². The summed E-state index contributed by atoms with van der Waals surface area (Å²) >= 11 is 0. The van der Waals surface area contributed by atoms with E-state index in [4.69, 9.17) is 0 Å². The van der Waals surface area contributed by atoms with Gasteiger partial charge in [-0.05, 0) is 89.9 Å². The maximum Gasteiger partial charge on any atom is 0.249 e. The molecule has 0 spiro atoms. The van der Waals surface area contributed by atoms with Crippen molar-refractivity contribution in [3.8, 4) is 0 Å². The Morgan fingerprint density at radius 2 is 0.568 bits per heavy atom. The summed E-state index contributed by atoms with van der Waals surface area (Å²) in [6.07, 6.45) is 80.8. The topological polar surface area (TPSA) is 110 Å². The first-order valence-electron chi connectivity index (χ1n) is 33.0. The van der Waals surface area contributed by atoms with Crippen molar-refractivity contribution in [3.05, 3.63) is 48.6 Å². The fraction of sp³-hybridized carbons (Fsp3) is 0.868. The molecule has 5 N–H and O–H groups in total. The second-order valence-corrected chi connectivity index (χ2v) is 22.8. The van der Waals surface area contributed by atoms with Crippen LogP contribution in [-0.2, 0) is 4.79 Å². The fourth-order valence-corrected chi connectivity index (χ4v) is 10.3. The Morgan fingerprint density at radius 1 is 0.324 bits per heavy atom. The summed E-state index contributed by atoms with van der Waals surface area (Å²) < 4.78 is 0. The monoisotopic (exact) mass is 1040 g/mol. The van der Waals surface area contributed by atoms with Crippen molar-refractivity contribution < 1.29 is 25.2 Å². The molecule has 74 heavy (non-hydrogen) atoms. The molecule has 0 aliphatic rings. The third kappa shape index (κ3) is 55.0. The van der Waals surface area contributed by atoms with E-state index in [1.54, 1.807) is 0 Å². The minimum absolute atomic E-state index is 0.359. The molecule has 0 rings (SSSR count). The first-order chi connectivity index (χ1) is 36.5. The summed E-state index contributed by atoms with van der Waals surface area (Å²) in [5.74, 6) is -0.595. The molecule has 0 saturated carbocycles. The van der Waals surface area contributed by atoms with Crippen molar-refractivity contribution in [1.29, 1.82) is 0 Å². The molecule has 0 bridgehead atoms. The molecule has 6 heteroatoms. The molecule has 6 nitrogen and oxygen atoms in total. The molecule has 436 valence electrons. The zero-order valence-electron chi connectivity index (χ0n) is 49.6. The Labute approximate surface area is 461 Å². The number of allylic oxidation sites excluding steroid dienone is 8. The van der Waals surface area contributed by atoms with Crippen LogP contribution in [0.15, 0.2) is 48.6 Å². The van der Waals surface area contributed by atoms with Crippen LogP contribution in [0.1, 0.15) is 348 Å². The molecule has 0 fully saturated rings. The van der Waals surface area contributed by atoms with Gasteiger partial charge in [0.15, 0.2) is 0 Å². The highest BCUT2D eigenvalue weighted by atomic mass is 16.3. The maximum atomic E-state index is 12.6. The summed E-state index contributed by atoms with van der Waals surface area (Å²) in [5, 5.41) is 44.1. The van der Waals surface area contributed by atoms with E-state index in [9.17, 15) is 25.2 Å². The number of hydrogen-bond donors (Lipinski definition) is 5. The minimum atomic E-state index is -1.30. The molecular formula is C68H129NO5. The summed E-state index contributed by atoms with van der Waals surface area (Å²) in [7, 11) is 0. The van der Waals surface area contributed by atoms with Gasteiger partial charge < -0.3 is 25.7 Å². The van der Waals surface area contributed by atoms with E-state index in [1.165, 1.54) is 263 Å². The van der Waals surface area contributed by atoms with Crippen LogP contribution in [0.4, 0.5) is 0 Å². The Bertz CT molecular complexity index is 1210. The van der Waals surface area contributed by atoms with Crippen molar-refractivity contribution in [1.82, 2.24) is 5.32 Å². The van der Waals surface area contributed by atoms with Gasteiger partial charge in [-0.3, -0.25) is 4.79 Å². The molecule has 0 radical (unpaired) electrons. The summed E-state index contributed by atoms with van der Waals surface area (Å²) in [6.45, 7) is 4.08. The van der Waals surface area contributed by atoms with E-state index in [1.807, 2.05) is 0 Å². The number of rotatable bonds is 61. The number of carbonyl (C=O) groups excluding carboxylic acids is 1. The van der Waals surface area contributed by atoms with Crippen LogP contribution in [0.3, 0.4) is 0 Å². The molecular weight excluding hydrogens is 911 g/mol. The van der Waals surface area contributed by atoms with Gasteiger partial charge in [0.2, 0.25) is 5.91 Å². The van der Waals surface area contributed by atoms with E-state index in [0.29, 0.717) is 19.3 Å². The molecule has 4 atom stereocenters. The number of amides is 1. The van der Waals surface area contributed by atoms with Crippen molar-refractivity contribution in [3.63, 3.8) is 0 Å². The zero-order valence-corrected chi connectivity index (χ0v) is 49.6. The largest absolute Gasteiger partial charge is 0.394 e. The normalized spacial score (nSPS) is 13.9. The molecule has 0 saturated heterocycles. The van der Waals surface area contributed by atoms with Gasteiger partial charge in [-0.25, -0.2) is 0 Å². The third-order valence-corrected chi connectivity index (χ3v) is 15.5. The standard InChI is InChI=1S/C68H129NO5/c1-3-5-7-9-11-13-15-17-19-21-23-25-27-29-31-32-33-34-36-38-40-42-44-46-48-50-52-54-56-58-60-62-66(72)68(74)69-64(63-70)67(73)65(71)61-59-57-55-53-51-49-47-45-43-41-39-37-35-30-28-26-24-22-20-18-16-14-12-10-8-6-4-2/h29,31,37,39,45,47,53,55,64-67,70-73H,3-28,30,32-36,38,40-44,46,48-52,54,56-63H2,1-2H3,(H,69,74)/b31-29-,39-37+,47-45+,55-53+.